The number of hydrogen-bond donors (Lipinski definition) is 1. The van der Waals surface area contributed by atoms with Crippen LogP contribution in [0, 0.1) is 10.1 Å². The number of nitrogens with two attached hydrogens (primary N) is 1. The largest absolute Gasteiger partial charge is 0.495 e. The van der Waals surface area contributed by atoms with E-state index in [-0.39, 0.29) is 5.88 Å². The molecule has 0 spiro atoms. The Morgan fingerprint density at radius 1 is 1.42 bits per heavy atom. The van der Waals surface area contributed by atoms with Crippen molar-refractivity contribution in [1.29, 1.82) is 0 Å². The second kappa shape index (κ2) is 5.29. The van der Waals surface area contributed by atoms with Crippen LogP contribution in [-0.4, -0.2) is 12.0 Å². The summed E-state index contributed by atoms with van der Waals surface area (Å²) in [5, 5.41) is 11.0. The molecule has 2 N–H and O–H groups in total. The summed E-state index contributed by atoms with van der Waals surface area (Å²) < 4.78 is 10.1. The summed E-state index contributed by atoms with van der Waals surface area (Å²) in [5.74, 6) is 0.487. The summed E-state index contributed by atoms with van der Waals surface area (Å²) in [6.45, 7) is 0. The Hall–Kier alpha value is -2.05. The maximum atomic E-state index is 10.5. The molecule has 1 atom stereocenters. The molecule has 2 aromatic rings. The molecular formula is C12H11ClN2O4. The lowest BCUT2D eigenvalue weighted by atomic mass is 10.1. The Balaban J connectivity index is 2.30. The summed E-state index contributed by atoms with van der Waals surface area (Å²) in [7, 11) is 1.51. The molecule has 0 saturated carbocycles. The van der Waals surface area contributed by atoms with Gasteiger partial charge in [0.15, 0.2) is 0 Å². The molecule has 7 heteroatoms. The SMILES string of the molecule is COc1ccc(C(N)c2ccc([N+](=O)[O-])o2)cc1Cl. The summed E-state index contributed by atoms with van der Waals surface area (Å²) >= 11 is 6.00. The fraction of sp³-hybridized carbons (Fsp3) is 0.167. The van der Waals surface area contributed by atoms with Crippen LogP contribution in [0.3, 0.4) is 0 Å². The number of benzene rings is 1. The van der Waals surface area contributed by atoms with E-state index in [1.54, 1.807) is 18.2 Å². The molecule has 0 aliphatic heterocycles. The first-order valence-electron chi connectivity index (χ1n) is 5.36. The van der Waals surface area contributed by atoms with Crippen LogP contribution in [0.5, 0.6) is 5.75 Å². The van der Waals surface area contributed by atoms with E-state index >= 15 is 0 Å². The number of methoxy groups -OCH3 is 1. The van der Waals surface area contributed by atoms with Crippen molar-refractivity contribution in [3.63, 3.8) is 0 Å². The number of halogens is 1. The normalized spacial score (nSPS) is 12.2. The van der Waals surface area contributed by atoms with E-state index in [9.17, 15) is 10.1 Å². The molecule has 1 aromatic heterocycles. The minimum Gasteiger partial charge on any atom is -0.495 e. The first-order valence-corrected chi connectivity index (χ1v) is 5.74. The molecule has 1 unspecified atom stereocenters. The fourth-order valence-electron chi connectivity index (χ4n) is 1.65. The zero-order chi connectivity index (χ0) is 14.0. The number of hydrogen-bond acceptors (Lipinski definition) is 5. The number of rotatable bonds is 4. The van der Waals surface area contributed by atoms with Gasteiger partial charge in [-0.15, -0.1) is 0 Å². The molecule has 0 aliphatic carbocycles. The Morgan fingerprint density at radius 2 is 2.16 bits per heavy atom. The van der Waals surface area contributed by atoms with E-state index in [4.69, 9.17) is 26.5 Å². The molecule has 100 valence electrons. The van der Waals surface area contributed by atoms with Gasteiger partial charge in [0.25, 0.3) is 0 Å². The van der Waals surface area contributed by atoms with Gasteiger partial charge in [0.05, 0.1) is 24.2 Å². The average Bonchev–Trinajstić information content (AvgIpc) is 2.87. The summed E-state index contributed by atoms with van der Waals surface area (Å²) in [6, 6.07) is 7.15. The quantitative estimate of drug-likeness (QED) is 0.687. The zero-order valence-electron chi connectivity index (χ0n) is 10.00. The van der Waals surface area contributed by atoms with Crippen LogP contribution in [0.4, 0.5) is 5.88 Å². The molecule has 6 nitrogen and oxygen atoms in total. The maximum Gasteiger partial charge on any atom is 0.433 e. The minimum absolute atomic E-state index is 0.299. The fourth-order valence-corrected chi connectivity index (χ4v) is 1.91. The van der Waals surface area contributed by atoms with Crippen LogP contribution in [0.1, 0.15) is 17.4 Å². The smallest absolute Gasteiger partial charge is 0.433 e. The molecule has 19 heavy (non-hydrogen) atoms. The van der Waals surface area contributed by atoms with Crippen LogP contribution in [0.2, 0.25) is 5.02 Å². The van der Waals surface area contributed by atoms with Crippen molar-refractivity contribution in [2.75, 3.05) is 7.11 Å². The summed E-state index contributed by atoms with van der Waals surface area (Å²) in [4.78, 5) is 9.93. The first-order chi connectivity index (χ1) is 9.02. The highest BCUT2D eigenvalue weighted by Gasteiger charge is 2.19. The van der Waals surface area contributed by atoms with Gasteiger partial charge in [-0.25, -0.2) is 0 Å². The molecule has 1 heterocycles. The van der Waals surface area contributed by atoms with Gasteiger partial charge in [-0.1, -0.05) is 17.7 Å². The van der Waals surface area contributed by atoms with E-state index in [0.29, 0.717) is 22.1 Å². The third-order valence-electron chi connectivity index (χ3n) is 2.63. The Labute approximate surface area is 113 Å². The van der Waals surface area contributed by atoms with Crippen molar-refractivity contribution in [2.24, 2.45) is 5.73 Å². The van der Waals surface area contributed by atoms with Crippen LogP contribution < -0.4 is 10.5 Å². The Kier molecular flexibility index (Phi) is 3.73. The molecule has 0 saturated heterocycles. The number of nitrogens with zero attached hydrogens (tertiary/aromatic N) is 1. The van der Waals surface area contributed by atoms with E-state index < -0.39 is 11.0 Å². The van der Waals surface area contributed by atoms with Crippen molar-refractivity contribution < 1.29 is 14.1 Å². The zero-order valence-corrected chi connectivity index (χ0v) is 10.8. The van der Waals surface area contributed by atoms with E-state index in [0.717, 1.165) is 0 Å². The van der Waals surface area contributed by atoms with Crippen molar-refractivity contribution in [1.82, 2.24) is 0 Å². The van der Waals surface area contributed by atoms with Crippen molar-refractivity contribution >= 4 is 17.5 Å². The number of nitro groups is 1. The Morgan fingerprint density at radius 3 is 2.68 bits per heavy atom. The van der Waals surface area contributed by atoms with Crippen LogP contribution >= 0.6 is 11.6 Å². The van der Waals surface area contributed by atoms with Crippen molar-refractivity contribution in [2.45, 2.75) is 6.04 Å². The van der Waals surface area contributed by atoms with Gasteiger partial charge in [0.1, 0.15) is 16.4 Å². The number of ether oxygens (including phenoxy) is 1. The van der Waals surface area contributed by atoms with Crippen LogP contribution in [0.15, 0.2) is 34.7 Å². The topological polar surface area (TPSA) is 91.5 Å². The highest BCUT2D eigenvalue weighted by atomic mass is 35.5. The van der Waals surface area contributed by atoms with Gasteiger partial charge >= 0.3 is 5.88 Å². The highest BCUT2D eigenvalue weighted by molar-refractivity contribution is 6.32. The molecule has 0 bridgehead atoms. The van der Waals surface area contributed by atoms with Gasteiger partial charge in [0.2, 0.25) is 0 Å². The monoisotopic (exact) mass is 282 g/mol. The predicted octanol–water partition coefficient (Wildman–Crippen LogP) is 2.90. The van der Waals surface area contributed by atoms with Crippen LogP contribution in [0.25, 0.3) is 0 Å². The second-order valence-electron chi connectivity index (χ2n) is 3.80. The van der Waals surface area contributed by atoms with E-state index in [1.165, 1.54) is 19.2 Å². The van der Waals surface area contributed by atoms with Gasteiger partial charge in [0, 0.05) is 0 Å². The van der Waals surface area contributed by atoms with Crippen molar-refractivity contribution in [3.05, 3.63) is 56.8 Å². The number of furan rings is 1. The lowest BCUT2D eigenvalue weighted by Crippen LogP contribution is -2.10. The minimum atomic E-state index is -0.628. The van der Waals surface area contributed by atoms with Crippen LogP contribution in [-0.2, 0) is 0 Å². The molecule has 0 aliphatic rings. The van der Waals surface area contributed by atoms with Gasteiger partial charge < -0.3 is 14.9 Å². The molecule has 0 radical (unpaired) electrons. The molecule has 0 amide bonds. The predicted molar refractivity (Wildman–Crippen MR) is 69.4 cm³/mol. The third kappa shape index (κ3) is 2.69. The maximum absolute atomic E-state index is 10.5. The molecular weight excluding hydrogens is 272 g/mol. The first kappa shape index (κ1) is 13.4. The van der Waals surface area contributed by atoms with Crippen molar-refractivity contribution in [3.8, 4) is 5.75 Å². The highest BCUT2D eigenvalue weighted by Crippen LogP contribution is 2.30. The third-order valence-corrected chi connectivity index (χ3v) is 2.93. The van der Waals surface area contributed by atoms with Gasteiger partial charge in [-0.3, -0.25) is 10.1 Å². The standard InChI is InChI=1S/C12H11ClN2O4/c1-18-9-3-2-7(6-8(9)13)12(14)10-4-5-11(19-10)15(16)17/h2-6,12H,14H2,1H3. The molecule has 2 rings (SSSR count). The van der Waals surface area contributed by atoms with E-state index in [2.05, 4.69) is 0 Å². The lowest BCUT2D eigenvalue weighted by Gasteiger charge is -2.11. The Bertz CT molecular complexity index is 612. The van der Waals surface area contributed by atoms with E-state index in [1.807, 2.05) is 0 Å². The summed E-state index contributed by atoms with van der Waals surface area (Å²) in [5.41, 5.74) is 6.65. The lowest BCUT2D eigenvalue weighted by molar-refractivity contribution is -0.402. The van der Waals surface area contributed by atoms with Gasteiger partial charge in [-0.2, -0.15) is 0 Å². The average molecular weight is 283 g/mol. The second-order valence-corrected chi connectivity index (χ2v) is 4.21. The molecule has 0 fully saturated rings. The van der Waals surface area contributed by atoms with Gasteiger partial charge in [-0.05, 0) is 23.8 Å². The molecule has 1 aromatic carbocycles. The summed E-state index contributed by atoms with van der Waals surface area (Å²) in [6.07, 6.45) is 0.